The number of benzene rings is 1. The molecule has 0 spiro atoms. The SMILES string of the molecule is CC(=O)NC1[C@H](O[C@@H]2C(OC(=O)c3ccccc3)[C@H](C(C)C)OC(COC(C)=O)[C@H]2OC(C)=O)OC(COC(C)=O)[C@@](OC(C)=O)(O[C@@H]2OC(COC(C)=O)[C@H](OC(C)=O)[C@H](OC(C)=O)C2O[C@@H]2OC(C)[C@@H](OC(C)=O)C(OC(C)=O)[C@@H]2OC(C)=O)[C@@H]1O. The van der Waals surface area contributed by atoms with Crippen LogP contribution in [0.4, 0.5) is 0 Å². The van der Waals surface area contributed by atoms with E-state index in [4.69, 9.17) is 85.3 Å². The maximum Gasteiger partial charge on any atom is 0.338 e. The highest BCUT2D eigenvalue weighted by Gasteiger charge is 2.67. The largest absolute Gasteiger partial charge is 0.463 e. The Hall–Kier alpha value is -7.46. The van der Waals surface area contributed by atoms with E-state index in [-0.39, 0.29) is 5.56 Å². The third-order valence-corrected chi connectivity index (χ3v) is 13.4. The molecule has 20 atom stereocenters. The minimum atomic E-state index is -3.28. The van der Waals surface area contributed by atoms with Crippen LogP contribution in [0, 0.1) is 5.92 Å². The molecule has 0 radical (unpaired) electrons. The van der Waals surface area contributed by atoms with Crippen molar-refractivity contribution in [3.8, 4) is 0 Å². The van der Waals surface area contributed by atoms with Gasteiger partial charge >= 0.3 is 65.7 Å². The van der Waals surface area contributed by atoms with Crippen molar-refractivity contribution < 1.29 is 148 Å². The lowest BCUT2D eigenvalue weighted by Crippen LogP contribution is -2.76. The third-order valence-electron chi connectivity index (χ3n) is 13.4. The van der Waals surface area contributed by atoms with Crippen LogP contribution in [-0.2, 0) is 138 Å². The van der Waals surface area contributed by atoms with E-state index in [0.717, 1.165) is 76.2 Å². The number of hydrogen-bond donors (Lipinski definition) is 2. The van der Waals surface area contributed by atoms with E-state index in [9.17, 15) is 62.6 Å². The number of aliphatic hydroxyl groups is 1. The Morgan fingerprint density at radius 1 is 0.477 bits per heavy atom. The summed E-state index contributed by atoms with van der Waals surface area (Å²) in [5.41, 5.74) is 0.0272. The zero-order valence-electron chi connectivity index (χ0n) is 50.7. The topological polar surface area (TPSA) is 403 Å². The second-order valence-corrected chi connectivity index (χ2v) is 21.0. The van der Waals surface area contributed by atoms with Gasteiger partial charge in [-0.2, -0.15) is 0 Å². The Balaban J connectivity index is 1.80. The molecule has 4 aliphatic heterocycles. The molecular formula is C56H75NO31. The summed E-state index contributed by atoms with van der Waals surface area (Å²) in [6, 6.07) is 5.45. The van der Waals surface area contributed by atoms with E-state index in [0.29, 0.717) is 0 Å². The highest BCUT2D eigenvalue weighted by atomic mass is 16.8. The number of aliphatic hydroxyl groups excluding tert-OH is 1. The summed E-state index contributed by atoms with van der Waals surface area (Å²) >= 11 is 0. The molecule has 0 bridgehead atoms. The van der Waals surface area contributed by atoms with Gasteiger partial charge < -0.3 is 95.7 Å². The van der Waals surface area contributed by atoms with Crippen LogP contribution in [0.25, 0.3) is 0 Å². The molecule has 0 saturated carbocycles. The fourth-order valence-corrected chi connectivity index (χ4v) is 10.2. The first-order valence-electron chi connectivity index (χ1n) is 27.7. The molecule has 4 heterocycles. The average molecular weight is 1260 g/mol. The summed E-state index contributed by atoms with van der Waals surface area (Å²) in [5, 5.41) is 15.7. The summed E-state index contributed by atoms with van der Waals surface area (Å²) in [4.78, 5) is 156. The van der Waals surface area contributed by atoms with Crippen molar-refractivity contribution in [2.75, 3.05) is 19.8 Å². The second-order valence-electron chi connectivity index (χ2n) is 21.0. The molecule has 32 nitrogen and oxygen atoms in total. The van der Waals surface area contributed by atoms with Crippen LogP contribution in [0.2, 0.25) is 0 Å². The van der Waals surface area contributed by atoms with Crippen LogP contribution in [0.3, 0.4) is 0 Å². The van der Waals surface area contributed by atoms with Gasteiger partial charge in [0.25, 0.3) is 5.79 Å². The highest BCUT2D eigenvalue weighted by molar-refractivity contribution is 5.89. The Morgan fingerprint density at radius 2 is 0.932 bits per heavy atom. The number of carbonyl (C=O) groups is 12. The molecular weight excluding hydrogens is 1180 g/mol. The highest BCUT2D eigenvalue weighted by Crippen LogP contribution is 2.43. The smallest absolute Gasteiger partial charge is 0.338 e. The van der Waals surface area contributed by atoms with Crippen LogP contribution in [0.15, 0.2) is 30.3 Å². The van der Waals surface area contributed by atoms with Gasteiger partial charge in [0, 0.05) is 76.2 Å². The number of carbonyl (C=O) groups excluding carboxylic acids is 12. The quantitative estimate of drug-likeness (QED) is 0.0828. The predicted octanol–water partition coefficient (Wildman–Crippen LogP) is 0.0215. The van der Waals surface area contributed by atoms with Gasteiger partial charge in [0.1, 0.15) is 56.4 Å². The summed E-state index contributed by atoms with van der Waals surface area (Å²) in [5.74, 6) is -16.0. The van der Waals surface area contributed by atoms with Crippen LogP contribution >= 0.6 is 0 Å². The molecule has 4 saturated heterocycles. The van der Waals surface area contributed by atoms with E-state index in [2.05, 4.69) is 5.32 Å². The third kappa shape index (κ3) is 19.0. The minimum absolute atomic E-state index is 0.0272. The Morgan fingerprint density at radius 3 is 1.42 bits per heavy atom. The number of amides is 1. The van der Waals surface area contributed by atoms with Crippen molar-refractivity contribution in [2.24, 2.45) is 5.92 Å². The summed E-state index contributed by atoms with van der Waals surface area (Å²) in [6.07, 6.45) is -34.0. The molecule has 490 valence electrons. The van der Waals surface area contributed by atoms with Crippen molar-refractivity contribution in [3.63, 3.8) is 0 Å². The lowest BCUT2D eigenvalue weighted by molar-refractivity contribution is -0.443. The zero-order valence-corrected chi connectivity index (χ0v) is 50.7. The normalized spacial score (nSPS) is 32.7. The summed E-state index contributed by atoms with van der Waals surface area (Å²) in [6.45, 7) is 12.7. The van der Waals surface area contributed by atoms with Crippen LogP contribution in [0.5, 0.6) is 0 Å². The number of nitrogens with one attached hydrogen (secondary N) is 1. The Kier molecular flexibility index (Phi) is 25.6. The maximum absolute atomic E-state index is 14.1. The average Bonchev–Trinajstić information content (AvgIpc) is 0.752. The standard InChI is InChI=1S/C56H75NO31/c1-23(2)41-45(84-52(70)36-18-16-15-17-19-36)47(43(76-30(9)63)37(81-41)20-71-26(5)59)85-53-40(57-25(4)58)51(69)56(87-35(14)68,39(83-53)22-73-28(7)61)88-55-50(48(79-33(12)66)44(77-31(10)64)38(82-55)21-72-27(6)60)86-54-49(80-34(13)67)46(78-32(11)65)42(24(3)74-54)75-29(8)62/h15-19,23-24,37-51,53-55,69H,20-22H2,1-14H3,(H,57,58)/t24?,37?,38?,39?,40?,41-,42+,43+,44-,45?,46?,47-,48-,49-,50?,51+,53-,54-,55-,56+/m0/s1. The molecule has 1 amide bonds. The molecule has 32 heteroatoms. The van der Waals surface area contributed by atoms with Gasteiger partial charge in [-0.15, -0.1) is 0 Å². The van der Waals surface area contributed by atoms with Gasteiger partial charge in [-0.1, -0.05) is 32.0 Å². The molecule has 4 aliphatic rings. The molecule has 1 aromatic carbocycles. The minimum Gasteiger partial charge on any atom is -0.463 e. The summed E-state index contributed by atoms with van der Waals surface area (Å²) in [7, 11) is 0. The van der Waals surface area contributed by atoms with Crippen LogP contribution in [0.1, 0.15) is 107 Å². The van der Waals surface area contributed by atoms with Gasteiger partial charge in [-0.3, -0.25) is 52.7 Å². The molecule has 5 rings (SSSR count). The van der Waals surface area contributed by atoms with E-state index in [1.165, 1.54) is 19.1 Å². The predicted molar refractivity (Wildman–Crippen MR) is 283 cm³/mol. The van der Waals surface area contributed by atoms with Crippen LogP contribution < -0.4 is 5.32 Å². The molecule has 88 heavy (non-hydrogen) atoms. The van der Waals surface area contributed by atoms with Gasteiger partial charge in [0.15, 0.2) is 73.8 Å². The van der Waals surface area contributed by atoms with Gasteiger partial charge in [-0.05, 0) is 25.0 Å². The molecule has 2 N–H and O–H groups in total. The zero-order chi connectivity index (χ0) is 65.6. The molecule has 0 aliphatic carbocycles. The van der Waals surface area contributed by atoms with E-state index < -0.39 is 220 Å². The molecule has 4 fully saturated rings. The number of esters is 11. The van der Waals surface area contributed by atoms with Crippen molar-refractivity contribution in [2.45, 2.75) is 219 Å². The number of hydrogen-bond acceptors (Lipinski definition) is 31. The van der Waals surface area contributed by atoms with Gasteiger partial charge in [-0.25, -0.2) is 4.79 Å². The van der Waals surface area contributed by atoms with Crippen molar-refractivity contribution in [1.82, 2.24) is 5.32 Å². The fraction of sp³-hybridized carbons (Fsp3) is 0.679. The first-order chi connectivity index (χ1) is 41.2. The van der Waals surface area contributed by atoms with Gasteiger partial charge in [0.05, 0.1) is 11.7 Å². The van der Waals surface area contributed by atoms with Gasteiger partial charge in [0.2, 0.25) is 5.91 Å². The van der Waals surface area contributed by atoms with Crippen molar-refractivity contribution in [3.05, 3.63) is 35.9 Å². The Bertz CT molecular complexity index is 2680. The first kappa shape index (κ1) is 71.3. The lowest BCUT2D eigenvalue weighted by atomic mass is 9.88. The first-order valence-corrected chi connectivity index (χ1v) is 27.7. The van der Waals surface area contributed by atoms with E-state index >= 15 is 0 Å². The van der Waals surface area contributed by atoms with E-state index in [1.807, 2.05) is 0 Å². The number of rotatable bonds is 23. The lowest BCUT2D eigenvalue weighted by Gasteiger charge is -2.54. The maximum atomic E-state index is 14.1. The summed E-state index contributed by atoms with van der Waals surface area (Å²) < 4.78 is 107. The van der Waals surface area contributed by atoms with Crippen molar-refractivity contribution in [1.29, 1.82) is 0 Å². The monoisotopic (exact) mass is 1260 g/mol. The number of ether oxygens (including phenoxy) is 18. The van der Waals surface area contributed by atoms with E-state index in [1.54, 1.807) is 32.0 Å². The Labute approximate surface area is 504 Å². The molecule has 8 unspecified atom stereocenters. The molecule has 0 aromatic heterocycles. The fourth-order valence-electron chi connectivity index (χ4n) is 10.2. The molecule has 1 aromatic rings. The van der Waals surface area contributed by atoms with Crippen LogP contribution in [-0.4, -0.2) is 219 Å². The van der Waals surface area contributed by atoms with Crippen molar-refractivity contribution >= 4 is 71.6 Å². The second kappa shape index (κ2) is 31.6.